The van der Waals surface area contributed by atoms with E-state index in [2.05, 4.69) is 9.84 Å². The van der Waals surface area contributed by atoms with Gasteiger partial charge in [-0.3, -0.25) is 9.32 Å². The van der Waals surface area contributed by atoms with E-state index < -0.39 is 69.0 Å². The van der Waals surface area contributed by atoms with E-state index in [1.54, 1.807) is 0 Å². The number of rotatable bonds is 7. The molecule has 0 aromatic rings. The van der Waals surface area contributed by atoms with Crippen molar-refractivity contribution in [3.05, 3.63) is 0 Å². The third-order valence-corrected chi connectivity index (χ3v) is 3.92. The molecule has 146 valence electrons. The average Bonchev–Trinajstić information content (AvgIpc) is 2.45. The lowest BCUT2D eigenvalue weighted by molar-refractivity contribution is -0.294. The maximum atomic E-state index is 11.2. The first-order valence-electron chi connectivity index (χ1n) is 6.92. The Labute approximate surface area is 141 Å². The van der Waals surface area contributed by atoms with Crippen molar-refractivity contribution in [2.45, 2.75) is 49.6 Å². The Hall–Kier alpha value is -1.15. The molecule has 6 atom stereocenters. The van der Waals surface area contributed by atoms with Crippen LogP contribution in [-0.2, 0) is 23.4 Å². The zero-order valence-electron chi connectivity index (χ0n) is 12.9. The third kappa shape index (κ3) is 5.95. The summed E-state index contributed by atoms with van der Waals surface area (Å²) in [5, 5.41) is 50.9. The van der Waals surface area contributed by atoms with Crippen molar-refractivity contribution in [2.75, 3.05) is 6.61 Å². The van der Waals surface area contributed by atoms with E-state index in [4.69, 9.17) is 19.6 Å². The van der Waals surface area contributed by atoms with Gasteiger partial charge in [0.15, 0.2) is 0 Å². The van der Waals surface area contributed by atoms with Gasteiger partial charge in [0, 0.05) is 13.3 Å². The van der Waals surface area contributed by atoms with Gasteiger partial charge in [-0.1, -0.05) is 0 Å². The Balaban J connectivity index is 3.02. The van der Waals surface area contributed by atoms with Crippen LogP contribution in [0.5, 0.6) is 0 Å². The fourth-order valence-corrected chi connectivity index (χ4v) is 2.65. The number of carbonyl (C=O) groups excluding carboxylic acids is 1. The monoisotopic (exact) mass is 389 g/mol. The van der Waals surface area contributed by atoms with Crippen molar-refractivity contribution in [2.24, 2.45) is 0 Å². The topological polar surface area (TPSA) is 223 Å². The number of phosphoric acid groups is 1. The van der Waals surface area contributed by atoms with Gasteiger partial charge in [0.05, 0.1) is 18.8 Å². The Kier molecular flexibility index (Phi) is 7.03. The van der Waals surface area contributed by atoms with E-state index in [1.165, 1.54) is 0 Å². The Morgan fingerprint density at radius 3 is 2.40 bits per heavy atom. The number of aliphatic carboxylic acids is 1. The first-order chi connectivity index (χ1) is 11.3. The Morgan fingerprint density at radius 2 is 1.96 bits per heavy atom. The summed E-state index contributed by atoms with van der Waals surface area (Å²) in [6, 6.07) is -1.42. The predicted octanol–water partition coefficient (Wildman–Crippen LogP) is -3.75. The molecule has 1 amide bonds. The molecule has 0 bridgehead atoms. The lowest BCUT2D eigenvalue weighted by Crippen LogP contribution is -2.67. The first-order valence-corrected chi connectivity index (χ1v) is 8.45. The number of amides is 1. The summed E-state index contributed by atoms with van der Waals surface area (Å²) >= 11 is 0. The summed E-state index contributed by atoms with van der Waals surface area (Å²) in [7, 11) is -4.97. The highest BCUT2D eigenvalue weighted by atomic mass is 31.2. The predicted molar refractivity (Wildman–Crippen MR) is 75.7 cm³/mol. The molecule has 25 heavy (non-hydrogen) atoms. The summed E-state index contributed by atoms with van der Waals surface area (Å²) in [5.74, 6) is -5.48. The van der Waals surface area contributed by atoms with Gasteiger partial charge in [-0.15, -0.1) is 0 Å². The van der Waals surface area contributed by atoms with E-state index in [-0.39, 0.29) is 0 Å². The van der Waals surface area contributed by atoms with E-state index in [0.717, 1.165) is 6.92 Å². The molecule has 1 aliphatic rings. The van der Waals surface area contributed by atoms with Gasteiger partial charge in [0.2, 0.25) is 5.91 Å². The quantitative estimate of drug-likeness (QED) is 0.197. The zero-order valence-corrected chi connectivity index (χ0v) is 13.8. The summed E-state index contributed by atoms with van der Waals surface area (Å²) in [5.41, 5.74) is 0. The van der Waals surface area contributed by atoms with Crippen molar-refractivity contribution >= 4 is 19.7 Å². The van der Waals surface area contributed by atoms with Crippen LogP contribution in [-0.4, -0.2) is 90.0 Å². The molecular formula is C11H20NO12P. The van der Waals surface area contributed by atoms with E-state index in [9.17, 15) is 34.6 Å². The lowest BCUT2D eigenvalue weighted by Gasteiger charge is -2.44. The highest BCUT2D eigenvalue weighted by Gasteiger charge is 2.54. The number of phosphoric ester groups is 1. The summed E-state index contributed by atoms with van der Waals surface area (Å²) in [6.07, 6.45) is -8.43. The lowest BCUT2D eigenvalue weighted by atomic mass is 9.88. The fraction of sp³-hybridized carbons (Fsp3) is 0.818. The van der Waals surface area contributed by atoms with Crippen LogP contribution < -0.4 is 5.32 Å². The van der Waals surface area contributed by atoms with Crippen molar-refractivity contribution < 1.29 is 58.7 Å². The van der Waals surface area contributed by atoms with Crippen LogP contribution in [0, 0.1) is 0 Å². The standard InChI is InChI=1S/C11H20NO12P/c1-4(13)12-7-5(14)2-11(19,10(17)18)24-9(7)8(16)6(15)3-23-25(20,21)22/h5-9,14-16,19H,2-3H2,1H3,(H,12,13)(H,17,18)(H2,20,21,22)/t5-,6?,7+,8+,9+,11?/m0/s1. The number of nitrogens with one attached hydrogen (secondary N) is 1. The molecule has 13 nitrogen and oxygen atoms in total. The molecule has 0 saturated carbocycles. The molecule has 2 unspecified atom stereocenters. The normalized spacial score (nSPS) is 32.7. The number of aliphatic hydroxyl groups is 4. The zero-order chi connectivity index (χ0) is 19.6. The highest BCUT2D eigenvalue weighted by molar-refractivity contribution is 7.46. The minimum Gasteiger partial charge on any atom is -0.477 e. The van der Waals surface area contributed by atoms with Crippen molar-refractivity contribution in [3.63, 3.8) is 0 Å². The molecule has 1 saturated heterocycles. The van der Waals surface area contributed by atoms with Gasteiger partial charge in [-0.25, -0.2) is 9.36 Å². The van der Waals surface area contributed by atoms with Gasteiger partial charge < -0.3 is 45.4 Å². The molecule has 14 heteroatoms. The third-order valence-electron chi connectivity index (χ3n) is 3.43. The molecule has 1 aliphatic heterocycles. The number of hydrogen-bond acceptors (Lipinski definition) is 9. The minimum absolute atomic E-state index is 0.688. The van der Waals surface area contributed by atoms with Crippen LogP contribution >= 0.6 is 7.82 Å². The Morgan fingerprint density at radius 1 is 1.40 bits per heavy atom. The molecule has 0 aliphatic carbocycles. The van der Waals surface area contributed by atoms with Crippen LogP contribution in [0.4, 0.5) is 0 Å². The highest BCUT2D eigenvalue weighted by Crippen LogP contribution is 2.36. The first kappa shape index (κ1) is 21.9. The van der Waals surface area contributed by atoms with Crippen molar-refractivity contribution in [1.82, 2.24) is 5.32 Å². The number of carboxylic acids is 1. The SMILES string of the molecule is CC(=O)N[C@H]1[C@H]([C@H](O)C(O)COP(=O)(O)O)OC(O)(C(=O)O)C[C@@H]1O. The van der Waals surface area contributed by atoms with E-state index in [1.807, 2.05) is 0 Å². The van der Waals surface area contributed by atoms with Crippen LogP contribution in [0.3, 0.4) is 0 Å². The molecule has 8 N–H and O–H groups in total. The summed E-state index contributed by atoms with van der Waals surface area (Å²) in [4.78, 5) is 39.5. The van der Waals surface area contributed by atoms with Gasteiger partial charge in [0.1, 0.15) is 18.3 Å². The summed E-state index contributed by atoms with van der Waals surface area (Å²) in [6.45, 7) is -0.0127. The molecular weight excluding hydrogens is 369 g/mol. The van der Waals surface area contributed by atoms with Crippen LogP contribution in [0.25, 0.3) is 0 Å². The molecule has 1 rings (SSSR count). The molecule has 1 fully saturated rings. The van der Waals surface area contributed by atoms with Gasteiger partial charge in [0.25, 0.3) is 5.79 Å². The minimum atomic E-state index is -4.97. The van der Waals surface area contributed by atoms with Gasteiger partial charge in [-0.05, 0) is 0 Å². The van der Waals surface area contributed by atoms with Crippen molar-refractivity contribution in [1.29, 1.82) is 0 Å². The molecule has 0 aromatic carbocycles. The Bertz CT molecular complexity index is 551. The van der Waals surface area contributed by atoms with Crippen LogP contribution in [0.2, 0.25) is 0 Å². The second-order valence-corrected chi connectivity index (χ2v) is 6.75. The van der Waals surface area contributed by atoms with Crippen LogP contribution in [0.1, 0.15) is 13.3 Å². The molecule has 0 spiro atoms. The van der Waals surface area contributed by atoms with Crippen molar-refractivity contribution in [3.8, 4) is 0 Å². The maximum Gasteiger partial charge on any atom is 0.469 e. The van der Waals surface area contributed by atoms with Gasteiger partial charge in [-0.2, -0.15) is 0 Å². The largest absolute Gasteiger partial charge is 0.477 e. The number of aliphatic hydroxyl groups excluding tert-OH is 3. The number of carbonyl (C=O) groups is 2. The fourth-order valence-electron chi connectivity index (χ4n) is 2.30. The second kappa shape index (κ2) is 8.03. The van der Waals surface area contributed by atoms with Crippen LogP contribution in [0.15, 0.2) is 0 Å². The number of carboxylic acid groups (broad SMARTS) is 1. The molecule has 0 aromatic heterocycles. The summed E-state index contributed by atoms with van der Waals surface area (Å²) < 4.78 is 19.5. The molecule has 0 radical (unpaired) electrons. The number of ether oxygens (including phenoxy) is 1. The molecule has 1 heterocycles. The number of hydrogen-bond donors (Lipinski definition) is 8. The van der Waals surface area contributed by atoms with E-state index in [0.29, 0.717) is 0 Å². The average molecular weight is 389 g/mol. The maximum absolute atomic E-state index is 11.2. The second-order valence-electron chi connectivity index (χ2n) is 5.51. The smallest absolute Gasteiger partial charge is 0.469 e. The van der Waals surface area contributed by atoms with Gasteiger partial charge >= 0.3 is 13.8 Å². The van der Waals surface area contributed by atoms with E-state index >= 15 is 0 Å².